The molecule has 2 rings (SSSR count). The second-order valence-corrected chi connectivity index (χ2v) is 4.79. The normalized spacial score (nSPS) is 11.0. The van der Waals surface area contributed by atoms with E-state index >= 15 is 0 Å². The van der Waals surface area contributed by atoms with Crippen molar-refractivity contribution in [1.29, 1.82) is 0 Å². The number of amides is 1. The summed E-state index contributed by atoms with van der Waals surface area (Å²) < 4.78 is 1.53. The number of pyridine rings is 1. The molecule has 0 radical (unpaired) electrons. The van der Waals surface area contributed by atoms with Crippen molar-refractivity contribution in [3.05, 3.63) is 36.5 Å². The van der Waals surface area contributed by atoms with Gasteiger partial charge in [-0.2, -0.15) is 5.10 Å². The predicted molar refractivity (Wildman–Crippen MR) is 93.5 cm³/mol. The molecule has 2 aromatic rings. The average Bonchev–Trinajstić information content (AvgIpc) is 3.05. The third kappa shape index (κ3) is 6.13. The Hall–Kier alpha value is -1.70. The van der Waals surface area contributed by atoms with Crippen LogP contribution in [0.3, 0.4) is 0 Å². The number of unbranched alkanes of at least 4 members (excludes halogenated alkanes) is 1. The van der Waals surface area contributed by atoms with Crippen LogP contribution in [0, 0.1) is 0 Å². The molecule has 0 bridgehead atoms. The van der Waals surface area contributed by atoms with Gasteiger partial charge in [-0.05, 0) is 18.6 Å². The Morgan fingerprint density at radius 2 is 2.17 bits per heavy atom. The van der Waals surface area contributed by atoms with Crippen LogP contribution in [0.25, 0.3) is 5.82 Å². The summed E-state index contributed by atoms with van der Waals surface area (Å²) in [5.74, 6) is 0.463. The van der Waals surface area contributed by atoms with E-state index in [0.717, 1.165) is 19.3 Å². The number of hydrogen-bond donors (Lipinski definition) is 2. The van der Waals surface area contributed by atoms with Crippen LogP contribution in [-0.2, 0) is 0 Å². The summed E-state index contributed by atoms with van der Waals surface area (Å²) in [5, 5.41) is 6.92. The summed E-state index contributed by atoms with van der Waals surface area (Å²) in [4.78, 5) is 20.2. The predicted octanol–water partition coefficient (Wildman–Crippen LogP) is 1.75. The minimum atomic E-state index is -0.154. The third-order valence-corrected chi connectivity index (χ3v) is 3.19. The molecule has 0 aromatic carbocycles. The lowest BCUT2D eigenvalue weighted by Gasteiger charge is -2.16. The van der Waals surface area contributed by atoms with Gasteiger partial charge in [0.1, 0.15) is 12.7 Å². The molecule has 0 aliphatic heterocycles. The number of carbonyl (C=O) groups excluding carboxylic acids is 1. The minimum Gasteiger partial charge on any atom is -0.348 e. The zero-order valence-electron chi connectivity index (χ0n) is 12.9. The highest BCUT2D eigenvalue weighted by atomic mass is 35.5. The zero-order valence-corrected chi connectivity index (χ0v) is 14.5. The zero-order chi connectivity index (χ0) is 15.1. The summed E-state index contributed by atoms with van der Waals surface area (Å²) in [6.45, 7) is 2.55. The molecule has 0 spiro atoms. The quantitative estimate of drug-likeness (QED) is 0.783. The SMILES string of the molecule is CCCCC(CN)NC(=O)c1ccc(-n2cncn2)nc1.Cl.Cl. The summed E-state index contributed by atoms with van der Waals surface area (Å²) in [6.07, 6.45) is 7.54. The topological polar surface area (TPSA) is 98.7 Å². The Balaban J connectivity index is 0.00000242. The van der Waals surface area contributed by atoms with E-state index < -0.39 is 0 Å². The third-order valence-electron chi connectivity index (χ3n) is 3.19. The van der Waals surface area contributed by atoms with Crippen molar-refractivity contribution in [3.63, 3.8) is 0 Å². The van der Waals surface area contributed by atoms with Crippen LogP contribution in [0.2, 0.25) is 0 Å². The molecule has 3 N–H and O–H groups in total. The van der Waals surface area contributed by atoms with Crippen LogP contribution in [0.15, 0.2) is 31.0 Å². The van der Waals surface area contributed by atoms with E-state index in [0.29, 0.717) is 17.9 Å². The lowest BCUT2D eigenvalue weighted by atomic mass is 10.1. The highest BCUT2D eigenvalue weighted by molar-refractivity contribution is 5.94. The van der Waals surface area contributed by atoms with Crippen LogP contribution >= 0.6 is 24.8 Å². The monoisotopic (exact) mass is 360 g/mol. The molecule has 0 aliphatic carbocycles. The number of nitrogens with two attached hydrogens (primary N) is 1. The van der Waals surface area contributed by atoms with E-state index in [1.807, 2.05) is 0 Å². The Kier molecular flexibility index (Phi) is 10.1. The van der Waals surface area contributed by atoms with Crippen molar-refractivity contribution in [1.82, 2.24) is 25.1 Å². The second kappa shape index (κ2) is 10.9. The minimum absolute atomic E-state index is 0. The highest BCUT2D eigenvalue weighted by Crippen LogP contribution is 2.05. The highest BCUT2D eigenvalue weighted by Gasteiger charge is 2.12. The van der Waals surface area contributed by atoms with Crippen LogP contribution in [0.5, 0.6) is 0 Å². The molecule has 7 nitrogen and oxygen atoms in total. The van der Waals surface area contributed by atoms with Gasteiger partial charge in [0, 0.05) is 18.8 Å². The Morgan fingerprint density at radius 3 is 2.70 bits per heavy atom. The van der Waals surface area contributed by atoms with Crippen molar-refractivity contribution in [2.24, 2.45) is 5.73 Å². The molecule has 9 heteroatoms. The van der Waals surface area contributed by atoms with Crippen molar-refractivity contribution >= 4 is 30.7 Å². The maximum Gasteiger partial charge on any atom is 0.253 e. The number of aromatic nitrogens is 4. The molecule has 1 amide bonds. The Morgan fingerprint density at radius 1 is 1.39 bits per heavy atom. The molecular weight excluding hydrogens is 339 g/mol. The van der Waals surface area contributed by atoms with Gasteiger partial charge in [0.05, 0.1) is 5.56 Å². The first kappa shape index (κ1) is 21.3. The maximum absolute atomic E-state index is 12.1. The average molecular weight is 361 g/mol. The Bertz CT molecular complexity index is 561. The first-order valence-corrected chi connectivity index (χ1v) is 7.06. The smallest absolute Gasteiger partial charge is 0.253 e. The summed E-state index contributed by atoms with van der Waals surface area (Å²) >= 11 is 0. The molecule has 0 fully saturated rings. The molecule has 2 aromatic heterocycles. The maximum atomic E-state index is 12.1. The number of nitrogens with one attached hydrogen (secondary N) is 1. The van der Waals surface area contributed by atoms with Gasteiger partial charge in [0.15, 0.2) is 5.82 Å². The molecule has 0 aliphatic rings. The van der Waals surface area contributed by atoms with E-state index in [-0.39, 0.29) is 36.8 Å². The summed E-state index contributed by atoms with van der Waals surface area (Å²) in [7, 11) is 0. The fourth-order valence-corrected chi connectivity index (χ4v) is 1.95. The number of rotatable bonds is 7. The van der Waals surface area contributed by atoms with Crippen molar-refractivity contribution in [2.45, 2.75) is 32.2 Å². The second-order valence-electron chi connectivity index (χ2n) is 4.79. The van der Waals surface area contributed by atoms with Crippen molar-refractivity contribution < 1.29 is 4.79 Å². The van der Waals surface area contributed by atoms with Gasteiger partial charge >= 0.3 is 0 Å². The van der Waals surface area contributed by atoms with Gasteiger partial charge in [-0.25, -0.2) is 14.6 Å². The molecule has 1 unspecified atom stereocenters. The number of hydrogen-bond acceptors (Lipinski definition) is 5. The molecule has 0 saturated heterocycles. The van der Waals surface area contributed by atoms with Crippen LogP contribution in [0.1, 0.15) is 36.5 Å². The van der Waals surface area contributed by atoms with Gasteiger partial charge in [-0.15, -0.1) is 24.8 Å². The Labute approximate surface area is 147 Å². The van der Waals surface area contributed by atoms with Crippen molar-refractivity contribution in [2.75, 3.05) is 6.54 Å². The van der Waals surface area contributed by atoms with E-state index in [2.05, 4.69) is 27.3 Å². The van der Waals surface area contributed by atoms with Gasteiger partial charge in [0.25, 0.3) is 5.91 Å². The lowest BCUT2D eigenvalue weighted by Crippen LogP contribution is -2.40. The summed E-state index contributed by atoms with van der Waals surface area (Å²) in [6, 6.07) is 3.45. The van der Waals surface area contributed by atoms with Gasteiger partial charge in [-0.3, -0.25) is 4.79 Å². The molecule has 1 atom stereocenters. The molecule has 2 heterocycles. The van der Waals surface area contributed by atoms with Gasteiger partial charge in [0.2, 0.25) is 0 Å². The fourth-order valence-electron chi connectivity index (χ4n) is 1.95. The van der Waals surface area contributed by atoms with E-state index in [1.165, 1.54) is 17.2 Å². The van der Waals surface area contributed by atoms with Crippen LogP contribution < -0.4 is 11.1 Å². The molecule has 23 heavy (non-hydrogen) atoms. The van der Waals surface area contributed by atoms with Crippen molar-refractivity contribution in [3.8, 4) is 5.82 Å². The van der Waals surface area contributed by atoms with E-state index in [4.69, 9.17) is 5.73 Å². The summed E-state index contributed by atoms with van der Waals surface area (Å²) in [5.41, 5.74) is 6.19. The first-order valence-electron chi connectivity index (χ1n) is 7.06. The largest absolute Gasteiger partial charge is 0.348 e. The van der Waals surface area contributed by atoms with E-state index in [1.54, 1.807) is 18.5 Å². The number of nitrogens with zero attached hydrogens (tertiary/aromatic N) is 4. The molecule has 0 saturated carbocycles. The lowest BCUT2D eigenvalue weighted by molar-refractivity contribution is 0.0935. The van der Waals surface area contributed by atoms with Gasteiger partial charge < -0.3 is 11.1 Å². The first-order chi connectivity index (χ1) is 10.2. The molecular formula is C14H22Cl2N6O. The standard InChI is InChI=1S/C14H20N6O.2ClH/c1-2-3-4-12(7-15)19-14(21)11-5-6-13(17-8-11)20-10-16-9-18-20;;/h5-6,8-10,12H,2-4,7,15H2,1H3,(H,19,21);2*1H. The number of halogens is 2. The van der Waals surface area contributed by atoms with Gasteiger partial charge in [-0.1, -0.05) is 19.8 Å². The van der Waals surface area contributed by atoms with Crippen LogP contribution in [-0.4, -0.2) is 38.2 Å². The van der Waals surface area contributed by atoms with E-state index in [9.17, 15) is 4.79 Å². The fraction of sp³-hybridized carbons (Fsp3) is 0.429. The number of carbonyl (C=O) groups is 1. The molecule has 128 valence electrons. The van der Waals surface area contributed by atoms with Crippen LogP contribution in [0.4, 0.5) is 0 Å².